The average molecular weight is 404 g/mol. The summed E-state index contributed by atoms with van der Waals surface area (Å²) < 4.78 is 6.40. The molecule has 2 heterocycles. The van der Waals surface area contributed by atoms with Crippen LogP contribution in [0.5, 0.6) is 0 Å². The Morgan fingerprint density at radius 1 is 0.900 bits per heavy atom. The highest BCUT2D eigenvalue weighted by atomic mass is 16.6. The van der Waals surface area contributed by atoms with Gasteiger partial charge < -0.3 is 4.42 Å². The van der Waals surface area contributed by atoms with E-state index in [1.807, 2.05) is 0 Å². The summed E-state index contributed by atoms with van der Waals surface area (Å²) in [4.78, 5) is 38.1. The molecule has 0 unspecified atom stereocenters. The molecule has 0 fully saturated rings. The van der Waals surface area contributed by atoms with Crippen LogP contribution in [-0.2, 0) is 0 Å². The molecule has 148 valence electrons. The van der Waals surface area contributed by atoms with Crippen LogP contribution in [0.15, 0.2) is 69.9 Å². The van der Waals surface area contributed by atoms with E-state index < -0.39 is 15.7 Å². The number of hydrogen-bond donors (Lipinski definition) is 0. The number of para-hydroxylation sites is 1. The summed E-state index contributed by atoms with van der Waals surface area (Å²) in [6.45, 7) is 0. The van der Waals surface area contributed by atoms with Crippen LogP contribution < -0.4 is 5.56 Å². The minimum absolute atomic E-state index is 0.111. The van der Waals surface area contributed by atoms with E-state index in [0.717, 1.165) is 0 Å². The first-order chi connectivity index (χ1) is 14.4. The highest BCUT2D eigenvalue weighted by molar-refractivity contribution is 5.80. The first-order valence-electron chi connectivity index (χ1n) is 8.63. The van der Waals surface area contributed by atoms with Gasteiger partial charge in [0.1, 0.15) is 16.5 Å². The Hall–Kier alpha value is -4.60. The van der Waals surface area contributed by atoms with E-state index in [9.17, 15) is 25.0 Å². The van der Waals surface area contributed by atoms with Gasteiger partial charge in [-0.25, -0.2) is 4.98 Å². The maximum Gasteiger partial charge on any atom is 0.433 e. The second-order valence-corrected chi connectivity index (χ2v) is 6.17. The van der Waals surface area contributed by atoms with Gasteiger partial charge in [-0.05, 0) is 42.5 Å². The third-order valence-electron chi connectivity index (χ3n) is 4.31. The number of benzene rings is 2. The van der Waals surface area contributed by atoms with Crippen LogP contribution in [0.4, 0.5) is 11.6 Å². The van der Waals surface area contributed by atoms with E-state index in [1.165, 1.54) is 53.1 Å². The lowest BCUT2D eigenvalue weighted by molar-refractivity contribution is -0.402. The summed E-state index contributed by atoms with van der Waals surface area (Å²) in [6.07, 6.45) is 2.93. The highest BCUT2D eigenvalue weighted by Crippen LogP contribution is 2.20. The van der Waals surface area contributed by atoms with Crippen molar-refractivity contribution in [2.45, 2.75) is 0 Å². The smallest absolute Gasteiger partial charge is 0.401 e. The molecule has 30 heavy (non-hydrogen) atoms. The lowest BCUT2D eigenvalue weighted by Gasteiger charge is -2.11. The SMILES string of the molecule is O=c1c2ccccc2nc(/C=C/c2ccc([N+](=O)[O-])o2)n1-c1ccc([N+](=O)[O-])cc1. The number of furan rings is 1. The van der Waals surface area contributed by atoms with Gasteiger partial charge in [0.25, 0.3) is 11.2 Å². The minimum atomic E-state index is -0.654. The second-order valence-electron chi connectivity index (χ2n) is 6.17. The molecule has 10 nitrogen and oxygen atoms in total. The first kappa shape index (κ1) is 18.7. The molecule has 2 aromatic heterocycles. The Morgan fingerprint density at radius 2 is 1.63 bits per heavy atom. The molecule has 4 aromatic rings. The molecule has 0 N–H and O–H groups in total. The molecule has 0 atom stereocenters. The van der Waals surface area contributed by atoms with E-state index in [0.29, 0.717) is 16.6 Å². The van der Waals surface area contributed by atoms with Crippen LogP contribution in [0.25, 0.3) is 28.7 Å². The molecule has 10 heteroatoms. The zero-order valence-electron chi connectivity index (χ0n) is 15.2. The third kappa shape index (κ3) is 3.44. The molecule has 0 aliphatic heterocycles. The van der Waals surface area contributed by atoms with Crippen molar-refractivity contribution in [2.24, 2.45) is 0 Å². The lowest BCUT2D eigenvalue weighted by atomic mass is 10.2. The molecule has 0 bridgehead atoms. The van der Waals surface area contributed by atoms with E-state index in [-0.39, 0.29) is 22.8 Å². The second kappa shape index (κ2) is 7.43. The topological polar surface area (TPSA) is 134 Å². The van der Waals surface area contributed by atoms with Crippen LogP contribution in [0, 0.1) is 20.2 Å². The van der Waals surface area contributed by atoms with Crippen LogP contribution in [0.1, 0.15) is 11.6 Å². The number of nitro benzene ring substituents is 1. The van der Waals surface area contributed by atoms with Gasteiger partial charge in [0.05, 0.1) is 27.6 Å². The summed E-state index contributed by atoms with van der Waals surface area (Å²) in [5.74, 6) is 0.0276. The van der Waals surface area contributed by atoms with Crippen molar-refractivity contribution in [1.29, 1.82) is 0 Å². The Morgan fingerprint density at radius 3 is 2.30 bits per heavy atom. The Kier molecular flexibility index (Phi) is 4.64. The molecule has 0 saturated heterocycles. The number of fused-ring (bicyclic) bond motifs is 1. The largest absolute Gasteiger partial charge is 0.433 e. The van der Waals surface area contributed by atoms with Gasteiger partial charge in [0.15, 0.2) is 0 Å². The molecule has 0 radical (unpaired) electrons. The van der Waals surface area contributed by atoms with Crippen molar-refractivity contribution in [1.82, 2.24) is 9.55 Å². The predicted octanol–water partition coefficient (Wildman–Crippen LogP) is 3.97. The van der Waals surface area contributed by atoms with Crippen molar-refractivity contribution in [3.8, 4) is 5.69 Å². The van der Waals surface area contributed by atoms with E-state index >= 15 is 0 Å². The standard InChI is InChI=1S/C20H12N4O6/c25-20-16-3-1-2-4-17(16)21-18(11-9-15-10-12-19(30-15)24(28)29)22(20)13-5-7-14(8-6-13)23(26)27/h1-12H/b11-9+. The molecule has 4 rings (SSSR count). The van der Waals surface area contributed by atoms with Crippen molar-refractivity contribution in [2.75, 3.05) is 0 Å². The van der Waals surface area contributed by atoms with Gasteiger partial charge in [-0.2, -0.15) is 0 Å². The maximum atomic E-state index is 13.1. The lowest BCUT2D eigenvalue weighted by Crippen LogP contribution is -2.22. The molecular weight excluding hydrogens is 392 g/mol. The van der Waals surface area contributed by atoms with E-state index in [2.05, 4.69) is 4.98 Å². The van der Waals surface area contributed by atoms with Gasteiger partial charge in [0, 0.05) is 12.1 Å². The van der Waals surface area contributed by atoms with Gasteiger partial charge in [0.2, 0.25) is 0 Å². The van der Waals surface area contributed by atoms with Crippen molar-refractivity contribution in [3.63, 3.8) is 0 Å². The van der Waals surface area contributed by atoms with E-state index in [1.54, 1.807) is 24.3 Å². The molecular formula is C20H12N4O6. The molecule has 0 amide bonds. The number of hydrogen-bond acceptors (Lipinski definition) is 7. The predicted molar refractivity (Wildman–Crippen MR) is 108 cm³/mol. The minimum Gasteiger partial charge on any atom is -0.401 e. The molecule has 2 aromatic carbocycles. The van der Waals surface area contributed by atoms with Crippen LogP contribution >= 0.6 is 0 Å². The molecule has 0 aliphatic carbocycles. The maximum absolute atomic E-state index is 13.1. The number of nitro groups is 2. The monoisotopic (exact) mass is 404 g/mol. The average Bonchev–Trinajstić information content (AvgIpc) is 3.22. The summed E-state index contributed by atoms with van der Waals surface area (Å²) in [6, 6.07) is 14.9. The summed E-state index contributed by atoms with van der Waals surface area (Å²) in [5.41, 5.74) is 0.375. The van der Waals surface area contributed by atoms with Crippen LogP contribution in [-0.4, -0.2) is 19.4 Å². The number of non-ortho nitro benzene ring substituents is 1. The van der Waals surface area contributed by atoms with Gasteiger partial charge in [-0.1, -0.05) is 12.1 Å². The normalized spacial score (nSPS) is 11.2. The van der Waals surface area contributed by atoms with Gasteiger partial charge in [-0.15, -0.1) is 0 Å². The third-order valence-corrected chi connectivity index (χ3v) is 4.31. The summed E-state index contributed by atoms with van der Waals surface area (Å²) in [7, 11) is 0. The van der Waals surface area contributed by atoms with Crippen molar-refractivity contribution < 1.29 is 14.3 Å². The number of nitrogens with zero attached hydrogens (tertiary/aromatic N) is 4. The molecule has 0 spiro atoms. The fourth-order valence-electron chi connectivity index (χ4n) is 2.92. The Balaban J connectivity index is 1.87. The highest BCUT2D eigenvalue weighted by Gasteiger charge is 2.14. The summed E-state index contributed by atoms with van der Waals surface area (Å²) >= 11 is 0. The van der Waals surface area contributed by atoms with Crippen molar-refractivity contribution in [3.05, 3.63) is 103 Å². The van der Waals surface area contributed by atoms with E-state index in [4.69, 9.17) is 4.42 Å². The van der Waals surface area contributed by atoms with Crippen LogP contribution in [0.2, 0.25) is 0 Å². The Labute approximate surface area is 167 Å². The summed E-state index contributed by atoms with van der Waals surface area (Å²) in [5, 5.41) is 22.1. The quantitative estimate of drug-likeness (QED) is 0.363. The molecule has 0 saturated carbocycles. The fourth-order valence-corrected chi connectivity index (χ4v) is 2.92. The fraction of sp³-hybridized carbons (Fsp3) is 0. The zero-order chi connectivity index (χ0) is 21.3. The van der Waals surface area contributed by atoms with Gasteiger partial charge in [-0.3, -0.25) is 29.6 Å². The Bertz CT molecular complexity index is 1370. The number of aromatic nitrogens is 2. The van der Waals surface area contributed by atoms with Gasteiger partial charge >= 0.3 is 5.88 Å². The first-order valence-corrected chi connectivity index (χ1v) is 8.63. The van der Waals surface area contributed by atoms with Crippen LogP contribution in [0.3, 0.4) is 0 Å². The van der Waals surface area contributed by atoms with Crippen molar-refractivity contribution >= 4 is 34.6 Å². The molecule has 0 aliphatic rings. The number of rotatable bonds is 5. The zero-order valence-corrected chi connectivity index (χ0v) is 15.2.